The quantitative estimate of drug-likeness (QED) is 0.527. The summed E-state index contributed by atoms with van der Waals surface area (Å²) in [6.45, 7) is 6.70. The van der Waals surface area contributed by atoms with Crippen LogP contribution < -0.4 is 0 Å². The molecule has 0 aromatic heterocycles. The molecule has 0 bridgehead atoms. The summed E-state index contributed by atoms with van der Waals surface area (Å²) >= 11 is 0. The fraction of sp³-hybridized carbons (Fsp3) is 0.250. The number of ether oxygens (including phenoxy) is 1. The zero-order chi connectivity index (χ0) is 12.5. The minimum absolute atomic E-state index is 0.625. The Kier molecular flexibility index (Phi) is 5.87. The van der Waals surface area contributed by atoms with Crippen molar-refractivity contribution >= 4 is 0 Å². The van der Waals surface area contributed by atoms with Gasteiger partial charge in [0.25, 0.3) is 0 Å². The number of hydrogen-bond donors (Lipinski definition) is 0. The third kappa shape index (κ3) is 5.76. The Labute approximate surface area is 104 Å². The second-order valence-electron chi connectivity index (χ2n) is 3.94. The number of allylic oxidation sites excluding steroid dienone is 6. The van der Waals surface area contributed by atoms with Crippen LogP contribution in [0, 0.1) is 0 Å². The number of benzene rings is 1. The highest BCUT2D eigenvalue weighted by molar-refractivity contribution is 5.20. The van der Waals surface area contributed by atoms with Crippen molar-refractivity contribution in [3.8, 4) is 0 Å². The predicted octanol–water partition coefficient (Wildman–Crippen LogP) is 4.63. The molecule has 0 saturated heterocycles. The van der Waals surface area contributed by atoms with E-state index in [0.717, 1.165) is 5.76 Å². The maximum Gasteiger partial charge on any atom is 0.113 e. The topological polar surface area (TPSA) is 9.23 Å². The summed E-state index contributed by atoms with van der Waals surface area (Å²) in [6.07, 6.45) is 8.13. The summed E-state index contributed by atoms with van der Waals surface area (Å²) in [5.41, 5.74) is 2.44. The minimum Gasteiger partial charge on any atom is -0.494 e. The van der Waals surface area contributed by atoms with Crippen molar-refractivity contribution in [3.05, 3.63) is 71.5 Å². The van der Waals surface area contributed by atoms with Crippen LogP contribution in [0.3, 0.4) is 0 Å². The average molecular weight is 228 g/mol. The highest BCUT2D eigenvalue weighted by Gasteiger charge is 1.91. The molecule has 0 aliphatic carbocycles. The first-order chi connectivity index (χ1) is 8.22. The highest BCUT2D eigenvalue weighted by Crippen LogP contribution is 2.05. The molecule has 1 nitrogen and oxygen atoms in total. The Morgan fingerprint density at radius 2 is 1.88 bits per heavy atom. The van der Waals surface area contributed by atoms with E-state index in [1.54, 1.807) is 0 Å². The molecule has 90 valence electrons. The zero-order valence-corrected chi connectivity index (χ0v) is 10.8. The smallest absolute Gasteiger partial charge is 0.113 e. The van der Waals surface area contributed by atoms with Gasteiger partial charge in [0, 0.05) is 0 Å². The molecule has 0 aliphatic heterocycles. The van der Waals surface area contributed by atoms with Crippen LogP contribution in [0.1, 0.15) is 26.3 Å². The fourth-order valence-corrected chi connectivity index (χ4v) is 1.25. The van der Waals surface area contributed by atoms with Crippen LogP contribution in [-0.2, 0) is 11.3 Å². The van der Waals surface area contributed by atoms with Crippen molar-refractivity contribution in [2.45, 2.75) is 27.4 Å². The first-order valence-electron chi connectivity index (χ1n) is 5.87. The van der Waals surface area contributed by atoms with E-state index in [4.69, 9.17) is 4.74 Å². The molecular weight excluding hydrogens is 208 g/mol. The molecule has 0 N–H and O–H groups in total. The molecule has 0 atom stereocenters. The lowest BCUT2D eigenvalue weighted by atomic mass is 10.2. The third-order valence-electron chi connectivity index (χ3n) is 2.45. The second-order valence-corrected chi connectivity index (χ2v) is 3.94. The van der Waals surface area contributed by atoms with Crippen molar-refractivity contribution in [1.29, 1.82) is 0 Å². The van der Waals surface area contributed by atoms with Crippen LogP contribution in [-0.4, -0.2) is 0 Å². The largest absolute Gasteiger partial charge is 0.494 e. The molecule has 0 radical (unpaired) electrons. The van der Waals surface area contributed by atoms with Gasteiger partial charge in [-0.2, -0.15) is 0 Å². The van der Waals surface area contributed by atoms with E-state index in [9.17, 15) is 0 Å². The zero-order valence-electron chi connectivity index (χ0n) is 10.8. The summed E-state index contributed by atoms with van der Waals surface area (Å²) in [6, 6.07) is 10.2. The Bertz CT molecular complexity index is 410. The third-order valence-corrected chi connectivity index (χ3v) is 2.45. The van der Waals surface area contributed by atoms with Gasteiger partial charge in [-0.05, 0) is 32.4 Å². The molecule has 0 unspecified atom stereocenters. The SMILES string of the molecule is C\C=C(C)/C=C\C=C(/C)OCc1ccccc1. The van der Waals surface area contributed by atoms with Gasteiger partial charge in [0.15, 0.2) is 0 Å². The molecule has 1 aromatic carbocycles. The van der Waals surface area contributed by atoms with Crippen LogP contribution in [0.15, 0.2) is 66.0 Å². The molecule has 1 rings (SSSR count). The van der Waals surface area contributed by atoms with Crippen LogP contribution in [0.2, 0.25) is 0 Å². The van der Waals surface area contributed by atoms with Gasteiger partial charge >= 0.3 is 0 Å². The molecular formula is C16H20O. The molecule has 0 saturated carbocycles. The van der Waals surface area contributed by atoms with Crippen LogP contribution in [0.5, 0.6) is 0 Å². The normalized spacial score (nSPS) is 13.1. The van der Waals surface area contributed by atoms with Gasteiger partial charge in [0.05, 0.1) is 5.76 Å². The van der Waals surface area contributed by atoms with Crippen molar-refractivity contribution in [3.63, 3.8) is 0 Å². The molecule has 0 heterocycles. The van der Waals surface area contributed by atoms with Gasteiger partial charge in [-0.25, -0.2) is 0 Å². The Morgan fingerprint density at radius 1 is 1.18 bits per heavy atom. The lowest BCUT2D eigenvalue weighted by Gasteiger charge is -2.05. The van der Waals surface area contributed by atoms with Gasteiger partial charge in [0.2, 0.25) is 0 Å². The summed E-state index contributed by atoms with van der Waals surface area (Å²) in [5.74, 6) is 0.925. The lowest BCUT2D eigenvalue weighted by Crippen LogP contribution is -1.89. The van der Waals surface area contributed by atoms with Gasteiger partial charge in [-0.3, -0.25) is 0 Å². The van der Waals surface area contributed by atoms with Crippen molar-refractivity contribution < 1.29 is 4.74 Å². The van der Waals surface area contributed by atoms with E-state index in [1.807, 2.05) is 44.2 Å². The maximum atomic E-state index is 5.63. The molecule has 0 spiro atoms. The Morgan fingerprint density at radius 3 is 2.53 bits per heavy atom. The average Bonchev–Trinajstić information content (AvgIpc) is 2.37. The summed E-state index contributed by atoms with van der Waals surface area (Å²) in [4.78, 5) is 0. The first kappa shape index (κ1) is 13.3. The Hall–Kier alpha value is -1.76. The minimum atomic E-state index is 0.625. The monoisotopic (exact) mass is 228 g/mol. The molecule has 1 heteroatoms. The van der Waals surface area contributed by atoms with Gasteiger partial charge in [0.1, 0.15) is 6.61 Å². The fourth-order valence-electron chi connectivity index (χ4n) is 1.25. The summed E-state index contributed by atoms with van der Waals surface area (Å²) in [5, 5.41) is 0. The predicted molar refractivity (Wildman–Crippen MR) is 73.6 cm³/mol. The van der Waals surface area contributed by atoms with Crippen LogP contribution in [0.25, 0.3) is 0 Å². The van der Waals surface area contributed by atoms with Crippen molar-refractivity contribution in [2.75, 3.05) is 0 Å². The lowest BCUT2D eigenvalue weighted by molar-refractivity contribution is 0.201. The van der Waals surface area contributed by atoms with E-state index >= 15 is 0 Å². The van der Waals surface area contributed by atoms with E-state index < -0.39 is 0 Å². The van der Waals surface area contributed by atoms with Crippen LogP contribution in [0.4, 0.5) is 0 Å². The van der Waals surface area contributed by atoms with Crippen molar-refractivity contribution in [1.82, 2.24) is 0 Å². The van der Waals surface area contributed by atoms with E-state index in [1.165, 1.54) is 11.1 Å². The molecule has 1 aromatic rings. The molecule has 0 amide bonds. The summed E-state index contributed by atoms with van der Waals surface area (Å²) < 4.78 is 5.63. The Balaban J connectivity index is 2.42. The molecule has 0 fully saturated rings. The van der Waals surface area contributed by atoms with Gasteiger partial charge < -0.3 is 4.74 Å². The maximum absolute atomic E-state index is 5.63. The summed E-state index contributed by atoms with van der Waals surface area (Å²) in [7, 11) is 0. The van der Waals surface area contributed by atoms with E-state index in [0.29, 0.717) is 6.61 Å². The van der Waals surface area contributed by atoms with Crippen molar-refractivity contribution in [2.24, 2.45) is 0 Å². The highest BCUT2D eigenvalue weighted by atomic mass is 16.5. The van der Waals surface area contributed by atoms with E-state index in [2.05, 4.69) is 31.2 Å². The first-order valence-corrected chi connectivity index (χ1v) is 5.87. The number of rotatable bonds is 5. The standard InChI is InChI=1S/C16H20O/c1-4-14(2)9-8-10-15(3)17-13-16-11-6-5-7-12-16/h4-12H,13H2,1-3H3/b9-8-,14-4-,15-10+. The van der Waals surface area contributed by atoms with Gasteiger partial charge in [-0.1, -0.05) is 54.1 Å². The van der Waals surface area contributed by atoms with Gasteiger partial charge in [-0.15, -0.1) is 0 Å². The molecule has 0 aliphatic rings. The molecule has 17 heavy (non-hydrogen) atoms. The van der Waals surface area contributed by atoms with Crippen LogP contribution >= 0.6 is 0 Å². The number of hydrogen-bond acceptors (Lipinski definition) is 1. The van der Waals surface area contributed by atoms with E-state index in [-0.39, 0.29) is 0 Å². The second kappa shape index (κ2) is 7.50.